The molecule has 0 amide bonds. The van der Waals surface area contributed by atoms with Crippen molar-refractivity contribution in [2.24, 2.45) is 0 Å². The van der Waals surface area contributed by atoms with Gasteiger partial charge in [0.15, 0.2) is 11.5 Å². The molecule has 6 heteroatoms. The summed E-state index contributed by atoms with van der Waals surface area (Å²) in [6.45, 7) is 0.240. The van der Waals surface area contributed by atoms with Crippen molar-refractivity contribution in [2.45, 2.75) is 0 Å². The number of aromatic nitrogens is 2. The third kappa shape index (κ3) is 1.75. The average Bonchev–Trinajstić information content (AvgIpc) is 2.56. The van der Waals surface area contributed by atoms with Crippen LogP contribution < -0.4 is 5.32 Å². The van der Waals surface area contributed by atoms with Crippen LogP contribution in [-0.2, 0) is 4.74 Å². The van der Waals surface area contributed by atoms with Crippen LogP contribution in [0.3, 0.4) is 0 Å². The number of hydrogen-bond donors (Lipinski definition) is 2. The molecule has 1 rings (SSSR count). The summed E-state index contributed by atoms with van der Waals surface area (Å²) >= 11 is 0. The Bertz CT molecular complexity index is 369. The summed E-state index contributed by atoms with van der Waals surface area (Å²) in [5.74, 6) is 0.334. The summed E-state index contributed by atoms with van der Waals surface area (Å²) in [7, 11) is 1.51. The number of nitriles is 2. The summed E-state index contributed by atoms with van der Waals surface area (Å²) in [6.07, 6.45) is 0. The zero-order valence-electron chi connectivity index (χ0n) is 6.96. The average molecular weight is 177 g/mol. The smallest absolute Gasteiger partial charge is 0.169 e. The standard InChI is InChI=1S/C7H7N5O/c1-13-4-10-7-5(2-8)6(3-9)11-12-7/h4H2,1H3,(H2,10,11,12). The lowest BCUT2D eigenvalue weighted by Crippen LogP contribution is -2.04. The third-order valence-corrected chi connectivity index (χ3v) is 1.37. The van der Waals surface area contributed by atoms with E-state index >= 15 is 0 Å². The van der Waals surface area contributed by atoms with Crippen LogP contribution in [0.25, 0.3) is 0 Å². The normalized spacial score (nSPS) is 8.85. The second kappa shape index (κ2) is 4.10. The van der Waals surface area contributed by atoms with Crippen molar-refractivity contribution >= 4 is 5.82 Å². The molecule has 66 valence electrons. The molecule has 0 saturated carbocycles. The zero-order chi connectivity index (χ0) is 9.68. The van der Waals surface area contributed by atoms with E-state index in [0.29, 0.717) is 5.82 Å². The highest BCUT2D eigenvalue weighted by atomic mass is 16.5. The van der Waals surface area contributed by atoms with Crippen molar-refractivity contribution in [3.63, 3.8) is 0 Å². The number of anilines is 1. The van der Waals surface area contributed by atoms with Crippen LogP contribution in [0.15, 0.2) is 0 Å². The predicted octanol–water partition coefficient (Wildman–Crippen LogP) is 0.169. The van der Waals surface area contributed by atoms with E-state index < -0.39 is 0 Å². The fourth-order valence-corrected chi connectivity index (χ4v) is 0.800. The molecule has 0 spiro atoms. The number of H-pyrrole nitrogens is 1. The Morgan fingerprint density at radius 2 is 2.31 bits per heavy atom. The summed E-state index contributed by atoms with van der Waals surface area (Å²) in [4.78, 5) is 0. The first-order valence-electron chi connectivity index (χ1n) is 3.44. The van der Waals surface area contributed by atoms with Gasteiger partial charge in [0.2, 0.25) is 0 Å². The molecule has 13 heavy (non-hydrogen) atoms. The Labute approximate surface area is 74.7 Å². The quantitative estimate of drug-likeness (QED) is 0.641. The van der Waals surface area contributed by atoms with E-state index in [1.807, 2.05) is 12.1 Å². The van der Waals surface area contributed by atoms with Gasteiger partial charge < -0.3 is 10.1 Å². The van der Waals surface area contributed by atoms with Crippen LogP contribution in [-0.4, -0.2) is 24.0 Å². The number of aromatic amines is 1. The van der Waals surface area contributed by atoms with Gasteiger partial charge in [-0.3, -0.25) is 5.10 Å². The second-order valence-electron chi connectivity index (χ2n) is 2.16. The molecule has 0 atom stereocenters. The molecular formula is C7H7N5O. The molecule has 1 heterocycles. The molecule has 0 bridgehead atoms. The van der Waals surface area contributed by atoms with Crippen LogP contribution in [0, 0.1) is 22.7 Å². The largest absolute Gasteiger partial charge is 0.365 e. The van der Waals surface area contributed by atoms with Gasteiger partial charge in [-0.15, -0.1) is 0 Å². The molecular weight excluding hydrogens is 170 g/mol. The lowest BCUT2D eigenvalue weighted by atomic mass is 10.2. The molecule has 0 aliphatic heterocycles. The van der Waals surface area contributed by atoms with E-state index in [-0.39, 0.29) is 18.0 Å². The highest BCUT2D eigenvalue weighted by Crippen LogP contribution is 2.13. The predicted molar refractivity (Wildman–Crippen MR) is 43.5 cm³/mol. The minimum Gasteiger partial charge on any atom is -0.365 e. The van der Waals surface area contributed by atoms with E-state index in [1.165, 1.54) is 7.11 Å². The van der Waals surface area contributed by atoms with E-state index in [0.717, 1.165) is 0 Å². The first kappa shape index (κ1) is 9.04. The number of hydrogen-bond acceptors (Lipinski definition) is 5. The minimum absolute atomic E-state index is 0.154. The highest BCUT2D eigenvalue weighted by Gasteiger charge is 2.11. The zero-order valence-corrected chi connectivity index (χ0v) is 6.96. The SMILES string of the molecule is COCNc1n[nH]c(C#N)c1C#N. The molecule has 2 N–H and O–H groups in total. The topological polar surface area (TPSA) is 97.5 Å². The Balaban J connectivity index is 2.91. The summed E-state index contributed by atoms with van der Waals surface area (Å²) in [5, 5.41) is 26.1. The monoisotopic (exact) mass is 177 g/mol. The maximum absolute atomic E-state index is 8.68. The molecule has 0 aliphatic carbocycles. The molecule has 0 aromatic carbocycles. The third-order valence-electron chi connectivity index (χ3n) is 1.37. The molecule has 0 saturated heterocycles. The van der Waals surface area contributed by atoms with Gasteiger partial charge in [-0.2, -0.15) is 15.6 Å². The summed E-state index contributed by atoms with van der Waals surface area (Å²) in [5.41, 5.74) is 0.362. The maximum Gasteiger partial charge on any atom is 0.169 e. The Morgan fingerprint density at radius 1 is 1.54 bits per heavy atom. The van der Waals surface area contributed by atoms with Gasteiger partial charge in [0.25, 0.3) is 0 Å². The van der Waals surface area contributed by atoms with Gasteiger partial charge in [-0.1, -0.05) is 0 Å². The molecule has 0 radical (unpaired) electrons. The van der Waals surface area contributed by atoms with Crippen LogP contribution >= 0.6 is 0 Å². The number of ether oxygens (including phenoxy) is 1. The van der Waals surface area contributed by atoms with Crippen LogP contribution in [0.5, 0.6) is 0 Å². The number of nitrogens with one attached hydrogen (secondary N) is 2. The lowest BCUT2D eigenvalue weighted by molar-refractivity contribution is 0.221. The van der Waals surface area contributed by atoms with E-state index in [1.54, 1.807) is 0 Å². The van der Waals surface area contributed by atoms with Crippen molar-refractivity contribution in [3.8, 4) is 12.1 Å². The van der Waals surface area contributed by atoms with Crippen molar-refractivity contribution in [1.29, 1.82) is 10.5 Å². The highest BCUT2D eigenvalue weighted by molar-refractivity contribution is 5.57. The number of nitrogens with zero attached hydrogens (tertiary/aromatic N) is 3. The van der Waals surface area contributed by atoms with Crippen LogP contribution in [0.4, 0.5) is 5.82 Å². The Hall–Kier alpha value is -2.05. The fourth-order valence-electron chi connectivity index (χ4n) is 0.800. The van der Waals surface area contributed by atoms with Gasteiger partial charge in [-0.05, 0) is 0 Å². The van der Waals surface area contributed by atoms with Crippen LogP contribution in [0.1, 0.15) is 11.3 Å². The van der Waals surface area contributed by atoms with Crippen molar-refractivity contribution in [1.82, 2.24) is 10.2 Å². The van der Waals surface area contributed by atoms with Gasteiger partial charge in [0, 0.05) is 7.11 Å². The van der Waals surface area contributed by atoms with Gasteiger partial charge in [-0.25, -0.2) is 0 Å². The first-order valence-corrected chi connectivity index (χ1v) is 3.44. The molecule has 0 aliphatic rings. The lowest BCUT2D eigenvalue weighted by Gasteiger charge is -1.99. The van der Waals surface area contributed by atoms with Crippen LogP contribution in [0.2, 0.25) is 0 Å². The van der Waals surface area contributed by atoms with Gasteiger partial charge in [0.05, 0.1) is 0 Å². The van der Waals surface area contributed by atoms with E-state index in [9.17, 15) is 0 Å². The molecule has 1 aromatic rings. The number of methoxy groups -OCH3 is 1. The molecule has 6 nitrogen and oxygen atoms in total. The minimum atomic E-state index is 0.154. The summed E-state index contributed by atoms with van der Waals surface area (Å²) < 4.78 is 4.73. The van der Waals surface area contributed by atoms with Gasteiger partial charge >= 0.3 is 0 Å². The fraction of sp³-hybridized carbons (Fsp3) is 0.286. The van der Waals surface area contributed by atoms with E-state index in [4.69, 9.17) is 15.3 Å². The summed E-state index contributed by atoms with van der Waals surface area (Å²) in [6, 6.07) is 3.69. The Morgan fingerprint density at radius 3 is 2.85 bits per heavy atom. The maximum atomic E-state index is 8.68. The molecule has 0 unspecified atom stereocenters. The van der Waals surface area contributed by atoms with Crippen molar-refractivity contribution < 1.29 is 4.74 Å². The Kier molecular flexibility index (Phi) is 2.85. The number of rotatable bonds is 3. The second-order valence-corrected chi connectivity index (χ2v) is 2.16. The van der Waals surface area contributed by atoms with Crippen molar-refractivity contribution in [2.75, 3.05) is 19.2 Å². The van der Waals surface area contributed by atoms with E-state index in [2.05, 4.69) is 15.5 Å². The van der Waals surface area contributed by atoms with Gasteiger partial charge in [0.1, 0.15) is 24.4 Å². The molecule has 0 fully saturated rings. The van der Waals surface area contributed by atoms with Crippen molar-refractivity contribution in [3.05, 3.63) is 11.3 Å². The molecule has 1 aromatic heterocycles. The first-order chi connectivity index (χ1) is 6.33.